The van der Waals surface area contributed by atoms with Crippen molar-refractivity contribution in [2.75, 3.05) is 20.8 Å². The topological polar surface area (TPSA) is 112 Å². The van der Waals surface area contributed by atoms with Gasteiger partial charge < -0.3 is 18.9 Å². The summed E-state index contributed by atoms with van der Waals surface area (Å²) in [6.45, 7) is 4.00. The number of carbonyl (C=O) groups is 1. The van der Waals surface area contributed by atoms with Gasteiger partial charge in [-0.05, 0) is 118 Å². The quantitative estimate of drug-likeness (QED) is 0.145. The summed E-state index contributed by atoms with van der Waals surface area (Å²) in [5, 5.41) is 9.04. The van der Waals surface area contributed by atoms with Crippen molar-refractivity contribution in [3.05, 3.63) is 113 Å². The number of nitriles is 1. The first-order valence-corrected chi connectivity index (χ1v) is 17.6. The average Bonchev–Trinajstić information content (AvgIpc) is 3.33. The molecule has 2 heterocycles. The molecule has 1 aliphatic rings. The largest absolute Gasteiger partial charge is 0.493 e. The van der Waals surface area contributed by atoms with Crippen molar-refractivity contribution < 1.29 is 23.7 Å². The van der Waals surface area contributed by atoms with Crippen LogP contribution in [0.3, 0.4) is 0 Å². The minimum absolute atomic E-state index is 0.171. The van der Waals surface area contributed by atoms with Gasteiger partial charge in [0, 0.05) is 4.47 Å². The number of halogens is 3. The van der Waals surface area contributed by atoms with Crippen LogP contribution >= 0.6 is 72.4 Å². The number of fused-ring (bicyclic) bond motifs is 1. The molecular weight excluding hydrogens is 900 g/mol. The molecular formula is C33H26BrI2N3O6S. The van der Waals surface area contributed by atoms with E-state index in [-0.39, 0.29) is 17.7 Å². The number of methoxy groups -OCH3 is 2. The van der Waals surface area contributed by atoms with Crippen molar-refractivity contribution in [2.24, 2.45) is 4.99 Å². The number of nitrogens with zero attached hydrogens (tertiary/aromatic N) is 3. The molecule has 13 heteroatoms. The summed E-state index contributed by atoms with van der Waals surface area (Å²) in [7, 11) is 3.07. The zero-order valence-corrected chi connectivity index (χ0v) is 31.7. The van der Waals surface area contributed by atoms with E-state index in [9.17, 15) is 9.59 Å². The lowest BCUT2D eigenvalue weighted by Crippen LogP contribution is -2.40. The standard InChI is InChI=1S/C33H26BrI2N3O6S/c1-5-44-32(41)28-17(2)38-33-39(29(28)21-13-25(42-3)26(43-4)14-22(21)34)31(40)27(46-33)12-20-10-23(35)30(24(36)11-20)45-16-19-8-6-18(15-37)7-9-19/h6-14,29H,5,16H2,1-4H3/b27-12-/t29-/m0/s1. The molecule has 0 amide bonds. The fourth-order valence-electron chi connectivity index (χ4n) is 4.95. The zero-order chi connectivity index (χ0) is 33.1. The van der Waals surface area contributed by atoms with Gasteiger partial charge >= 0.3 is 5.97 Å². The summed E-state index contributed by atoms with van der Waals surface area (Å²) in [4.78, 5) is 32.6. The number of hydrogen-bond acceptors (Lipinski definition) is 9. The van der Waals surface area contributed by atoms with Gasteiger partial charge in [-0.25, -0.2) is 9.79 Å². The summed E-state index contributed by atoms with van der Waals surface area (Å²) < 4.78 is 27.0. The van der Waals surface area contributed by atoms with Crippen LogP contribution in [-0.2, 0) is 16.1 Å². The molecule has 4 aromatic rings. The highest BCUT2D eigenvalue weighted by Gasteiger charge is 2.35. The predicted octanol–water partition coefficient (Wildman–Crippen LogP) is 6.24. The summed E-state index contributed by atoms with van der Waals surface area (Å²) in [6, 6.07) is 16.0. The molecule has 0 unspecified atom stereocenters. The van der Waals surface area contributed by atoms with Gasteiger partial charge in [0.15, 0.2) is 16.3 Å². The number of carbonyl (C=O) groups excluding carboxylic acids is 1. The third-order valence-electron chi connectivity index (χ3n) is 7.10. The number of aromatic nitrogens is 1. The first-order valence-electron chi connectivity index (χ1n) is 13.8. The molecule has 0 saturated heterocycles. The normalized spacial score (nSPS) is 14.3. The van der Waals surface area contributed by atoms with Crippen LogP contribution in [0.5, 0.6) is 17.2 Å². The first-order chi connectivity index (χ1) is 22.1. The highest BCUT2D eigenvalue weighted by atomic mass is 127. The van der Waals surface area contributed by atoms with Gasteiger partial charge in [0.25, 0.3) is 5.56 Å². The van der Waals surface area contributed by atoms with E-state index in [1.165, 1.54) is 30.1 Å². The molecule has 1 atom stereocenters. The Bertz CT molecular complexity index is 2080. The Kier molecular flexibility index (Phi) is 10.9. The van der Waals surface area contributed by atoms with Gasteiger partial charge in [-0.2, -0.15) is 5.26 Å². The van der Waals surface area contributed by atoms with Gasteiger partial charge in [0.1, 0.15) is 12.4 Å². The molecule has 46 heavy (non-hydrogen) atoms. The maximum absolute atomic E-state index is 14.2. The number of rotatable bonds is 9. The van der Waals surface area contributed by atoms with Crippen LogP contribution < -0.4 is 29.1 Å². The number of hydrogen-bond donors (Lipinski definition) is 0. The molecule has 3 aromatic carbocycles. The molecule has 0 aliphatic carbocycles. The molecule has 1 aromatic heterocycles. The lowest BCUT2D eigenvalue weighted by atomic mass is 9.95. The summed E-state index contributed by atoms with van der Waals surface area (Å²) in [6.07, 6.45) is 1.82. The smallest absolute Gasteiger partial charge is 0.338 e. The van der Waals surface area contributed by atoms with Crippen LogP contribution in [0.1, 0.15) is 42.1 Å². The molecule has 5 rings (SSSR count). The van der Waals surface area contributed by atoms with Crippen molar-refractivity contribution in [1.82, 2.24) is 4.57 Å². The van der Waals surface area contributed by atoms with Gasteiger partial charge in [0.2, 0.25) is 0 Å². The monoisotopic (exact) mass is 925 g/mol. The SMILES string of the molecule is CCOC(=O)C1=C(C)N=c2s/c(=C\c3cc(I)c(OCc4ccc(C#N)cc4)c(I)c3)c(=O)n2[C@H]1c1cc(OC)c(OC)cc1Br. The number of benzene rings is 3. The number of ether oxygens (including phenoxy) is 4. The molecule has 9 nitrogen and oxygen atoms in total. The lowest BCUT2D eigenvalue weighted by Gasteiger charge is -2.26. The molecule has 0 spiro atoms. The highest BCUT2D eigenvalue weighted by Crippen LogP contribution is 2.41. The summed E-state index contributed by atoms with van der Waals surface area (Å²) in [5.41, 5.74) is 3.41. The average molecular weight is 926 g/mol. The Morgan fingerprint density at radius 3 is 2.37 bits per heavy atom. The first kappa shape index (κ1) is 34.1. The van der Waals surface area contributed by atoms with Crippen LogP contribution in [0.25, 0.3) is 6.08 Å². The number of esters is 1. The third-order valence-corrected chi connectivity index (χ3v) is 10.4. The maximum atomic E-state index is 14.2. The van der Waals surface area contributed by atoms with E-state index in [0.717, 1.165) is 24.0 Å². The van der Waals surface area contributed by atoms with Crippen molar-refractivity contribution in [3.63, 3.8) is 0 Å². The Labute approximate surface area is 304 Å². The number of allylic oxidation sites excluding steroid dienone is 1. The number of thiazole rings is 1. The second-order valence-electron chi connectivity index (χ2n) is 9.94. The van der Waals surface area contributed by atoms with Crippen LogP contribution in [-0.4, -0.2) is 31.4 Å². The fourth-order valence-corrected chi connectivity index (χ4v) is 8.66. The summed E-state index contributed by atoms with van der Waals surface area (Å²) >= 11 is 9.33. The Morgan fingerprint density at radius 2 is 1.76 bits per heavy atom. The zero-order valence-electron chi connectivity index (χ0n) is 25.0. The molecule has 1 aliphatic heterocycles. The second kappa shape index (κ2) is 14.7. The van der Waals surface area contributed by atoms with E-state index in [1.807, 2.05) is 30.3 Å². The third kappa shape index (κ3) is 6.90. The van der Waals surface area contributed by atoms with Crippen LogP contribution in [0.2, 0.25) is 0 Å². The molecule has 0 radical (unpaired) electrons. The molecule has 236 valence electrons. The minimum atomic E-state index is -0.829. The van der Waals surface area contributed by atoms with E-state index in [1.54, 1.807) is 38.1 Å². The molecule has 0 N–H and O–H groups in total. The Morgan fingerprint density at radius 1 is 1.11 bits per heavy atom. The van der Waals surface area contributed by atoms with Gasteiger partial charge in [-0.15, -0.1) is 0 Å². The van der Waals surface area contributed by atoms with Crippen molar-refractivity contribution in [3.8, 4) is 23.3 Å². The summed E-state index contributed by atoms with van der Waals surface area (Å²) in [5.74, 6) is 1.13. The van der Waals surface area contributed by atoms with E-state index in [0.29, 0.717) is 48.7 Å². The highest BCUT2D eigenvalue weighted by molar-refractivity contribution is 14.1. The van der Waals surface area contributed by atoms with Crippen molar-refractivity contribution in [1.29, 1.82) is 5.26 Å². The maximum Gasteiger partial charge on any atom is 0.338 e. The fraction of sp³-hybridized carbons (Fsp3) is 0.212. The van der Waals surface area contributed by atoms with Gasteiger partial charge in [-0.3, -0.25) is 9.36 Å². The van der Waals surface area contributed by atoms with E-state index in [2.05, 4.69) is 72.2 Å². The Hall–Kier alpha value is -3.20. The lowest BCUT2D eigenvalue weighted by molar-refractivity contribution is -0.139. The van der Waals surface area contributed by atoms with Crippen LogP contribution in [0, 0.1) is 18.5 Å². The van der Waals surface area contributed by atoms with Crippen LogP contribution in [0.4, 0.5) is 0 Å². The predicted molar refractivity (Wildman–Crippen MR) is 195 cm³/mol. The van der Waals surface area contributed by atoms with Gasteiger partial charge in [0.05, 0.1) is 61.4 Å². The van der Waals surface area contributed by atoms with Crippen LogP contribution in [0.15, 0.2) is 74.1 Å². The molecule has 0 saturated carbocycles. The van der Waals surface area contributed by atoms with E-state index >= 15 is 0 Å². The molecule has 0 bridgehead atoms. The van der Waals surface area contributed by atoms with E-state index < -0.39 is 12.0 Å². The minimum Gasteiger partial charge on any atom is -0.493 e. The second-order valence-corrected chi connectivity index (χ2v) is 14.1. The van der Waals surface area contributed by atoms with Crippen molar-refractivity contribution >= 4 is 84.5 Å². The van der Waals surface area contributed by atoms with Crippen molar-refractivity contribution in [2.45, 2.75) is 26.5 Å². The van der Waals surface area contributed by atoms with E-state index in [4.69, 9.17) is 24.2 Å². The van der Waals surface area contributed by atoms with Gasteiger partial charge in [-0.1, -0.05) is 39.4 Å². The Balaban J connectivity index is 1.58. The molecule has 0 fully saturated rings.